The van der Waals surface area contributed by atoms with Crippen molar-refractivity contribution in [3.63, 3.8) is 0 Å². The van der Waals surface area contributed by atoms with Crippen LogP contribution in [0.5, 0.6) is 0 Å². The van der Waals surface area contributed by atoms with E-state index in [2.05, 4.69) is 26.8 Å². The second kappa shape index (κ2) is 6.54. The highest BCUT2D eigenvalue weighted by Gasteiger charge is 2.16. The Morgan fingerprint density at radius 3 is 3.08 bits per heavy atom. The molecule has 24 heavy (non-hydrogen) atoms. The third-order valence-electron chi connectivity index (χ3n) is 3.82. The normalized spacial score (nSPS) is 12.3. The third kappa shape index (κ3) is 2.95. The fourth-order valence-electron chi connectivity index (χ4n) is 2.58. The van der Waals surface area contributed by atoms with Gasteiger partial charge in [-0.25, -0.2) is 4.98 Å². The maximum absolute atomic E-state index is 12.5. The molecule has 0 radical (unpaired) electrons. The lowest BCUT2D eigenvalue weighted by Gasteiger charge is -2.17. The van der Waals surface area contributed by atoms with Crippen molar-refractivity contribution in [3.8, 4) is 0 Å². The van der Waals surface area contributed by atoms with Crippen molar-refractivity contribution in [1.82, 2.24) is 20.1 Å². The van der Waals surface area contributed by atoms with Crippen molar-refractivity contribution < 1.29 is 4.79 Å². The molecule has 120 valence electrons. The Balaban J connectivity index is 1.52. The highest BCUT2D eigenvalue weighted by Crippen LogP contribution is 2.21. The quantitative estimate of drug-likeness (QED) is 0.596. The Morgan fingerprint density at radius 2 is 2.29 bits per heavy atom. The van der Waals surface area contributed by atoms with Crippen LogP contribution < -0.4 is 5.32 Å². The number of carbonyl (C=O) groups is 1. The SMILES string of the molecule is O=C(NC[C@@H](c1ccsc1)n1cccn1)c1ccc2ncsc2c1. The maximum atomic E-state index is 12.5. The molecular formula is C17H14N4OS2. The van der Waals surface area contributed by atoms with Crippen LogP contribution in [0.15, 0.2) is 59.0 Å². The molecule has 1 amide bonds. The minimum Gasteiger partial charge on any atom is -0.350 e. The average molecular weight is 354 g/mol. The van der Waals surface area contributed by atoms with Gasteiger partial charge in [-0.05, 0) is 46.7 Å². The summed E-state index contributed by atoms with van der Waals surface area (Å²) >= 11 is 3.17. The summed E-state index contributed by atoms with van der Waals surface area (Å²) in [7, 11) is 0. The topological polar surface area (TPSA) is 59.8 Å². The first-order valence-electron chi connectivity index (χ1n) is 7.44. The van der Waals surface area contributed by atoms with Gasteiger partial charge < -0.3 is 5.32 Å². The molecule has 0 saturated carbocycles. The van der Waals surface area contributed by atoms with E-state index in [9.17, 15) is 4.79 Å². The van der Waals surface area contributed by atoms with Crippen LogP contribution in [0.4, 0.5) is 0 Å². The minimum atomic E-state index is -0.0855. The molecule has 1 N–H and O–H groups in total. The predicted molar refractivity (Wildman–Crippen MR) is 96.6 cm³/mol. The summed E-state index contributed by atoms with van der Waals surface area (Å²) in [6.45, 7) is 0.484. The van der Waals surface area contributed by atoms with E-state index >= 15 is 0 Å². The molecule has 0 unspecified atom stereocenters. The summed E-state index contributed by atoms with van der Waals surface area (Å²) < 4.78 is 2.89. The van der Waals surface area contributed by atoms with Crippen LogP contribution in [0.2, 0.25) is 0 Å². The molecule has 0 fully saturated rings. The van der Waals surface area contributed by atoms with E-state index in [4.69, 9.17) is 0 Å². The van der Waals surface area contributed by atoms with E-state index in [-0.39, 0.29) is 11.9 Å². The molecule has 1 atom stereocenters. The molecule has 0 aliphatic heterocycles. The number of rotatable bonds is 5. The fraction of sp³-hybridized carbons (Fsp3) is 0.118. The number of aromatic nitrogens is 3. The number of thiazole rings is 1. The van der Waals surface area contributed by atoms with E-state index in [1.54, 1.807) is 23.0 Å². The Labute approximate surface area is 146 Å². The monoisotopic (exact) mass is 354 g/mol. The zero-order chi connectivity index (χ0) is 16.4. The maximum Gasteiger partial charge on any atom is 0.251 e. The second-order valence-electron chi connectivity index (χ2n) is 5.30. The number of benzene rings is 1. The summed E-state index contributed by atoms with van der Waals surface area (Å²) in [5, 5.41) is 11.5. The summed E-state index contributed by atoms with van der Waals surface area (Å²) in [5.41, 5.74) is 4.50. The molecule has 7 heteroatoms. The average Bonchev–Trinajstić information content (AvgIpc) is 3.36. The van der Waals surface area contributed by atoms with Gasteiger partial charge in [0.2, 0.25) is 0 Å². The highest BCUT2D eigenvalue weighted by molar-refractivity contribution is 7.16. The van der Waals surface area contributed by atoms with Gasteiger partial charge in [0.05, 0.1) is 21.8 Å². The van der Waals surface area contributed by atoms with E-state index in [1.807, 2.05) is 40.5 Å². The molecule has 0 saturated heterocycles. The van der Waals surface area contributed by atoms with Gasteiger partial charge in [0.1, 0.15) is 0 Å². The first-order chi connectivity index (χ1) is 11.8. The van der Waals surface area contributed by atoms with Crippen molar-refractivity contribution >= 4 is 38.8 Å². The molecule has 3 aromatic heterocycles. The molecule has 0 spiro atoms. The summed E-state index contributed by atoms with van der Waals surface area (Å²) in [4.78, 5) is 16.7. The lowest BCUT2D eigenvalue weighted by molar-refractivity contribution is 0.0949. The number of carbonyl (C=O) groups excluding carboxylic acids is 1. The van der Waals surface area contributed by atoms with Crippen LogP contribution in [0, 0.1) is 0 Å². The molecule has 5 nitrogen and oxygen atoms in total. The molecule has 3 heterocycles. The van der Waals surface area contributed by atoms with Crippen molar-refractivity contribution in [2.45, 2.75) is 6.04 Å². The number of hydrogen-bond donors (Lipinski definition) is 1. The standard InChI is InChI=1S/C17H14N4OS2/c22-17(12-2-3-14-16(8-12)24-11-19-14)18-9-15(13-4-7-23-10-13)21-6-1-5-20-21/h1-8,10-11,15H,9H2,(H,18,22)/t15-/m0/s1. The van der Waals surface area contributed by atoms with Gasteiger partial charge in [-0.1, -0.05) is 0 Å². The number of amides is 1. The number of fused-ring (bicyclic) bond motifs is 1. The van der Waals surface area contributed by atoms with Gasteiger partial charge in [0, 0.05) is 24.5 Å². The van der Waals surface area contributed by atoms with Gasteiger partial charge in [0.15, 0.2) is 0 Å². The van der Waals surface area contributed by atoms with Gasteiger partial charge in [-0.15, -0.1) is 11.3 Å². The van der Waals surface area contributed by atoms with Crippen molar-refractivity contribution in [2.75, 3.05) is 6.54 Å². The highest BCUT2D eigenvalue weighted by atomic mass is 32.1. The third-order valence-corrected chi connectivity index (χ3v) is 5.31. The van der Waals surface area contributed by atoms with Crippen LogP contribution in [0.25, 0.3) is 10.2 Å². The molecule has 0 bridgehead atoms. The van der Waals surface area contributed by atoms with E-state index in [0.29, 0.717) is 12.1 Å². The predicted octanol–water partition coefficient (Wildman–Crippen LogP) is 3.57. The molecular weight excluding hydrogens is 340 g/mol. The van der Waals surface area contributed by atoms with Gasteiger partial charge >= 0.3 is 0 Å². The molecule has 4 rings (SSSR count). The Hall–Kier alpha value is -2.51. The second-order valence-corrected chi connectivity index (χ2v) is 6.97. The van der Waals surface area contributed by atoms with E-state index < -0.39 is 0 Å². The van der Waals surface area contributed by atoms with E-state index in [0.717, 1.165) is 15.8 Å². The Kier molecular flexibility index (Phi) is 4.10. The first kappa shape index (κ1) is 15.0. The van der Waals surface area contributed by atoms with Gasteiger partial charge in [0.25, 0.3) is 5.91 Å². The fourth-order valence-corrected chi connectivity index (χ4v) is 4.00. The number of nitrogens with one attached hydrogen (secondary N) is 1. The van der Waals surface area contributed by atoms with Crippen molar-refractivity contribution in [3.05, 3.63) is 70.1 Å². The molecule has 0 aliphatic rings. The van der Waals surface area contributed by atoms with Crippen LogP contribution in [-0.2, 0) is 0 Å². The minimum absolute atomic E-state index is 0.0117. The van der Waals surface area contributed by atoms with Gasteiger partial charge in [-0.2, -0.15) is 16.4 Å². The summed E-state index contributed by atoms with van der Waals surface area (Å²) in [5.74, 6) is -0.0855. The smallest absolute Gasteiger partial charge is 0.251 e. The zero-order valence-corrected chi connectivity index (χ0v) is 14.3. The van der Waals surface area contributed by atoms with Crippen LogP contribution in [0.1, 0.15) is 22.0 Å². The molecule has 0 aliphatic carbocycles. The number of hydrogen-bond acceptors (Lipinski definition) is 5. The molecule has 1 aromatic carbocycles. The van der Waals surface area contributed by atoms with Gasteiger partial charge in [-0.3, -0.25) is 9.48 Å². The zero-order valence-electron chi connectivity index (χ0n) is 12.6. The van der Waals surface area contributed by atoms with Crippen molar-refractivity contribution in [2.24, 2.45) is 0 Å². The summed E-state index contributed by atoms with van der Waals surface area (Å²) in [6, 6.07) is 9.51. The van der Waals surface area contributed by atoms with Crippen LogP contribution in [0.3, 0.4) is 0 Å². The number of nitrogens with zero attached hydrogens (tertiary/aromatic N) is 3. The summed E-state index contributed by atoms with van der Waals surface area (Å²) in [6.07, 6.45) is 3.66. The lowest BCUT2D eigenvalue weighted by Crippen LogP contribution is -2.31. The number of thiophene rings is 1. The van der Waals surface area contributed by atoms with Crippen molar-refractivity contribution in [1.29, 1.82) is 0 Å². The Bertz CT molecular complexity index is 910. The first-order valence-corrected chi connectivity index (χ1v) is 9.26. The van der Waals surface area contributed by atoms with Crippen LogP contribution in [-0.4, -0.2) is 27.2 Å². The molecule has 4 aromatic rings. The van der Waals surface area contributed by atoms with E-state index in [1.165, 1.54) is 11.3 Å². The lowest BCUT2D eigenvalue weighted by atomic mass is 10.1. The van der Waals surface area contributed by atoms with Crippen LogP contribution >= 0.6 is 22.7 Å². The Morgan fingerprint density at radius 1 is 1.33 bits per heavy atom. The largest absolute Gasteiger partial charge is 0.350 e.